The molecule has 0 aromatic rings. The van der Waals surface area contributed by atoms with Gasteiger partial charge in [-0.25, -0.2) is 0 Å². The number of hydrogen-bond donors (Lipinski definition) is 0. The average molecular weight is 337 g/mol. The molecule has 134 valence electrons. The van der Waals surface area contributed by atoms with Crippen LogP contribution in [0.15, 0.2) is 23.7 Å². The van der Waals surface area contributed by atoms with E-state index in [1.165, 1.54) is 62.9 Å². The van der Waals surface area contributed by atoms with Crippen molar-refractivity contribution in [1.82, 2.24) is 0 Å². The maximum absolute atomic E-state index is 6.37. The van der Waals surface area contributed by atoms with E-state index in [2.05, 4.69) is 53.7 Å². The monoisotopic (exact) mass is 336 g/mol. The van der Waals surface area contributed by atoms with Crippen LogP contribution in [0.2, 0.25) is 0 Å². The molecule has 0 aliphatic heterocycles. The molecule has 2 N–H and O–H groups in total. The van der Waals surface area contributed by atoms with Crippen molar-refractivity contribution in [2.45, 2.75) is 92.9 Å². The summed E-state index contributed by atoms with van der Waals surface area (Å²) in [6.45, 7) is 13.3. The number of ether oxygens (including phenoxy) is 1. The Morgan fingerprint density at radius 1 is 0.783 bits per heavy atom. The van der Waals surface area contributed by atoms with E-state index in [9.17, 15) is 0 Å². The average Bonchev–Trinajstić information content (AvgIpc) is 2.52. The van der Waals surface area contributed by atoms with Crippen LogP contribution >= 0.6 is 0 Å². The molecule has 0 rings (SSSR count). The molecule has 0 bridgehead atoms. The van der Waals surface area contributed by atoms with Crippen molar-refractivity contribution >= 4 is 29.6 Å². The van der Waals surface area contributed by atoms with Gasteiger partial charge in [0.1, 0.15) is 11.5 Å². The fourth-order valence-corrected chi connectivity index (χ4v) is 2.89. The topological polar surface area (TPSA) is 40.7 Å². The summed E-state index contributed by atoms with van der Waals surface area (Å²) in [6, 6.07) is 0. The molecule has 0 radical (unpaired) electrons. The normalized spacial score (nSPS) is 14.5. The van der Waals surface area contributed by atoms with Gasteiger partial charge < -0.3 is 10.2 Å². The fourth-order valence-electron chi connectivity index (χ4n) is 2.89. The molecule has 3 heteroatoms. The zero-order valence-corrected chi connectivity index (χ0v) is 15.9. The first kappa shape index (κ1) is 28.1. The molecule has 0 heterocycles. The summed E-state index contributed by atoms with van der Waals surface area (Å²) in [6.07, 6.45) is 14.3. The Balaban J connectivity index is -0.00000200. The molecule has 2 nitrogen and oxygen atoms in total. The molecule has 0 saturated heterocycles. The molecule has 0 aliphatic carbocycles. The zero-order valence-electron chi connectivity index (χ0n) is 15.9. The Labute approximate surface area is 167 Å². The number of hydrogen-bond acceptors (Lipinski definition) is 1. The van der Waals surface area contributed by atoms with Crippen LogP contribution in [-0.2, 0) is 4.74 Å². The van der Waals surface area contributed by atoms with E-state index in [0.29, 0.717) is 11.8 Å². The quantitative estimate of drug-likeness (QED) is 0.329. The number of allylic oxidation sites excluding steroid dienone is 4. The summed E-state index contributed by atoms with van der Waals surface area (Å²) >= 11 is 0. The van der Waals surface area contributed by atoms with Gasteiger partial charge in [0, 0.05) is 11.8 Å². The predicted octanol–water partition coefficient (Wildman–Crippen LogP) is 5.77. The first-order chi connectivity index (χ1) is 10.2. The van der Waals surface area contributed by atoms with Crippen molar-refractivity contribution in [3.8, 4) is 0 Å². The van der Waals surface area contributed by atoms with Crippen molar-refractivity contribution in [2.24, 2.45) is 11.8 Å². The SMILES string of the molecule is CC=C(OC(=CC)C(CC)CCCC)C(CC)CCCC.O.[NaH]. The number of unbranched alkanes of at least 4 members (excludes halogenated alkanes) is 2. The minimum atomic E-state index is 0. The van der Waals surface area contributed by atoms with Crippen LogP contribution in [0.4, 0.5) is 0 Å². The van der Waals surface area contributed by atoms with Crippen molar-refractivity contribution in [2.75, 3.05) is 0 Å². The molecule has 0 fully saturated rings. The van der Waals surface area contributed by atoms with Gasteiger partial charge in [0.25, 0.3) is 0 Å². The summed E-state index contributed by atoms with van der Waals surface area (Å²) in [5, 5.41) is 0. The molecule has 0 spiro atoms. The Morgan fingerprint density at radius 2 is 1.13 bits per heavy atom. The van der Waals surface area contributed by atoms with Crippen LogP contribution in [-0.4, -0.2) is 35.0 Å². The van der Waals surface area contributed by atoms with Gasteiger partial charge in [-0.2, -0.15) is 0 Å². The second-order valence-electron chi connectivity index (χ2n) is 5.98. The van der Waals surface area contributed by atoms with Gasteiger partial charge in [0.15, 0.2) is 0 Å². The van der Waals surface area contributed by atoms with Crippen LogP contribution in [0.5, 0.6) is 0 Å². The van der Waals surface area contributed by atoms with E-state index >= 15 is 0 Å². The minimum absolute atomic E-state index is 0. The fraction of sp³-hybridized carbons (Fsp3) is 0.800. The molecule has 2 atom stereocenters. The van der Waals surface area contributed by atoms with E-state index in [1.807, 2.05) is 0 Å². The van der Waals surface area contributed by atoms with E-state index in [4.69, 9.17) is 4.74 Å². The molecule has 0 saturated carbocycles. The standard InChI is InChI=1S/C20H38O.Na.H2O.H/c1-7-13-15-17(9-3)19(11-5)21-20(12-6)18(10-4)16-14-8-2;;;/h11-12,17-18H,7-10,13-16H2,1-6H3;;1H2;. The first-order valence-electron chi connectivity index (χ1n) is 9.18. The summed E-state index contributed by atoms with van der Waals surface area (Å²) in [5.74, 6) is 3.53. The molecule has 0 aromatic carbocycles. The van der Waals surface area contributed by atoms with Crippen LogP contribution in [0.1, 0.15) is 92.9 Å². The van der Waals surface area contributed by atoms with E-state index in [0.717, 1.165) is 0 Å². The van der Waals surface area contributed by atoms with Crippen LogP contribution in [0.3, 0.4) is 0 Å². The molecular formula is C20H41NaO2. The van der Waals surface area contributed by atoms with E-state index in [1.54, 1.807) is 0 Å². The van der Waals surface area contributed by atoms with Gasteiger partial charge in [-0.3, -0.25) is 0 Å². The Kier molecular flexibility index (Phi) is 22.7. The second kappa shape index (κ2) is 18.6. The van der Waals surface area contributed by atoms with Gasteiger partial charge in [-0.15, -0.1) is 0 Å². The van der Waals surface area contributed by atoms with Crippen LogP contribution in [0.25, 0.3) is 0 Å². The third-order valence-electron chi connectivity index (χ3n) is 4.41. The molecule has 23 heavy (non-hydrogen) atoms. The summed E-state index contributed by atoms with van der Waals surface area (Å²) in [4.78, 5) is 0. The van der Waals surface area contributed by atoms with Crippen molar-refractivity contribution < 1.29 is 10.2 Å². The summed E-state index contributed by atoms with van der Waals surface area (Å²) in [5.41, 5.74) is 0. The summed E-state index contributed by atoms with van der Waals surface area (Å²) in [7, 11) is 0. The van der Waals surface area contributed by atoms with Gasteiger partial charge in [0.2, 0.25) is 0 Å². The first-order valence-corrected chi connectivity index (χ1v) is 9.18. The molecule has 0 amide bonds. The molecule has 2 unspecified atom stereocenters. The maximum atomic E-state index is 6.37. The molecule has 0 aliphatic rings. The van der Waals surface area contributed by atoms with E-state index < -0.39 is 0 Å². The van der Waals surface area contributed by atoms with Crippen LogP contribution in [0, 0.1) is 11.8 Å². The van der Waals surface area contributed by atoms with Gasteiger partial charge in [-0.05, 0) is 51.7 Å². The van der Waals surface area contributed by atoms with Gasteiger partial charge in [0.05, 0.1) is 0 Å². The number of rotatable bonds is 12. The van der Waals surface area contributed by atoms with Crippen molar-refractivity contribution in [3.63, 3.8) is 0 Å². The zero-order chi connectivity index (χ0) is 16.1. The summed E-state index contributed by atoms with van der Waals surface area (Å²) < 4.78 is 6.37. The predicted molar refractivity (Wildman–Crippen MR) is 106 cm³/mol. The van der Waals surface area contributed by atoms with Crippen molar-refractivity contribution in [3.05, 3.63) is 23.7 Å². The van der Waals surface area contributed by atoms with Gasteiger partial charge in [-0.1, -0.05) is 53.4 Å². The van der Waals surface area contributed by atoms with Gasteiger partial charge >= 0.3 is 29.6 Å². The molecule has 0 aromatic heterocycles. The van der Waals surface area contributed by atoms with Crippen molar-refractivity contribution in [1.29, 1.82) is 0 Å². The third-order valence-corrected chi connectivity index (χ3v) is 4.41. The Hall–Kier alpha value is 0.240. The second-order valence-corrected chi connectivity index (χ2v) is 5.98. The van der Waals surface area contributed by atoms with E-state index in [-0.39, 0.29) is 35.0 Å². The Bertz CT molecular complexity index is 281. The van der Waals surface area contributed by atoms with Crippen LogP contribution < -0.4 is 0 Å². The molecular weight excluding hydrogens is 295 g/mol. The third kappa shape index (κ3) is 11.4. The Morgan fingerprint density at radius 3 is 1.35 bits per heavy atom.